The summed E-state index contributed by atoms with van der Waals surface area (Å²) in [6, 6.07) is 13.1. The van der Waals surface area contributed by atoms with Crippen LogP contribution < -0.4 is 4.90 Å². The summed E-state index contributed by atoms with van der Waals surface area (Å²) >= 11 is 0. The largest absolute Gasteiger partial charge is 0.389 e. The highest BCUT2D eigenvalue weighted by molar-refractivity contribution is 5.55. The number of aliphatic hydroxyl groups is 1. The van der Waals surface area contributed by atoms with Crippen LogP contribution in [-0.2, 0) is 6.54 Å². The number of hydrogen-bond donors (Lipinski definition) is 1. The van der Waals surface area contributed by atoms with Gasteiger partial charge in [0.15, 0.2) is 0 Å². The molecule has 0 aromatic heterocycles. The molecule has 1 N–H and O–H groups in total. The molecule has 0 saturated heterocycles. The van der Waals surface area contributed by atoms with E-state index in [1.807, 2.05) is 24.9 Å². The second-order valence-corrected chi connectivity index (χ2v) is 5.19. The molecule has 106 valence electrons. The van der Waals surface area contributed by atoms with E-state index in [2.05, 4.69) is 24.3 Å². The third-order valence-electron chi connectivity index (χ3n) is 3.40. The Morgan fingerprint density at radius 3 is 2.40 bits per heavy atom. The van der Waals surface area contributed by atoms with Crippen LogP contribution in [0.5, 0.6) is 0 Å². The lowest BCUT2D eigenvalue weighted by Gasteiger charge is -2.24. The van der Waals surface area contributed by atoms with Crippen molar-refractivity contribution in [3.63, 3.8) is 0 Å². The molecule has 0 aliphatic carbocycles. The van der Waals surface area contributed by atoms with E-state index >= 15 is 0 Å². The first-order chi connectivity index (χ1) is 9.49. The summed E-state index contributed by atoms with van der Waals surface area (Å²) < 4.78 is 13.9. The lowest BCUT2D eigenvalue weighted by atomic mass is 10.1. The Morgan fingerprint density at radius 1 is 1.15 bits per heavy atom. The van der Waals surface area contributed by atoms with Crippen LogP contribution in [0.3, 0.4) is 0 Å². The molecule has 2 nitrogen and oxygen atoms in total. The number of halogens is 1. The fourth-order valence-electron chi connectivity index (χ4n) is 2.32. The highest BCUT2D eigenvalue weighted by Crippen LogP contribution is 2.29. The van der Waals surface area contributed by atoms with Gasteiger partial charge >= 0.3 is 0 Å². The predicted molar refractivity (Wildman–Crippen MR) is 80.3 cm³/mol. The van der Waals surface area contributed by atoms with Gasteiger partial charge in [0.05, 0.1) is 6.10 Å². The van der Waals surface area contributed by atoms with Crippen molar-refractivity contribution in [1.82, 2.24) is 0 Å². The second kappa shape index (κ2) is 6.06. The zero-order chi connectivity index (χ0) is 14.7. The summed E-state index contributed by atoms with van der Waals surface area (Å²) in [6.45, 7) is 4.30. The van der Waals surface area contributed by atoms with Crippen LogP contribution in [0.15, 0.2) is 42.5 Å². The fraction of sp³-hybridized carbons (Fsp3) is 0.294. The van der Waals surface area contributed by atoms with Crippen LogP contribution >= 0.6 is 0 Å². The molecule has 0 aliphatic rings. The minimum absolute atomic E-state index is 0.349. The maximum Gasteiger partial charge on any atom is 0.131 e. The maximum absolute atomic E-state index is 13.9. The molecule has 2 aromatic carbocycles. The maximum atomic E-state index is 13.9. The van der Waals surface area contributed by atoms with Crippen molar-refractivity contribution in [2.45, 2.75) is 26.5 Å². The van der Waals surface area contributed by atoms with Crippen molar-refractivity contribution in [2.75, 3.05) is 11.9 Å². The van der Waals surface area contributed by atoms with E-state index in [0.29, 0.717) is 12.1 Å². The zero-order valence-corrected chi connectivity index (χ0v) is 12.1. The van der Waals surface area contributed by atoms with Crippen LogP contribution in [0.2, 0.25) is 0 Å². The van der Waals surface area contributed by atoms with E-state index in [4.69, 9.17) is 0 Å². The summed E-state index contributed by atoms with van der Waals surface area (Å²) in [5.41, 5.74) is 3.44. The van der Waals surface area contributed by atoms with Gasteiger partial charge in [-0.2, -0.15) is 0 Å². The fourth-order valence-corrected chi connectivity index (χ4v) is 2.32. The molecule has 1 atom stereocenters. The van der Waals surface area contributed by atoms with Crippen LogP contribution in [0, 0.1) is 12.7 Å². The normalized spacial score (nSPS) is 12.2. The van der Waals surface area contributed by atoms with Gasteiger partial charge in [-0.25, -0.2) is 4.39 Å². The highest BCUT2D eigenvalue weighted by Gasteiger charge is 2.16. The van der Waals surface area contributed by atoms with Gasteiger partial charge in [0.25, 0.3) is 0 Å². The molecule has 0 heterocycles. The van der Waals surface area contributed by atoms with Gasteiger partial charge in [0.1, 0.15) is 5.82 Å². The number of nitrogens with zero attached hydrogens (tertiary/aromatic N) is 1. The number of benzene rings is 2. The number of rotatable bonds is 4. The topological polar surface area (TPSA) is 23.5 Å². The van der Waals surface area contributed by atoms with Gasteiger partial charge in [-0.1, -0.05) is 35.9 Å². The highest BCUT2D eigenvalue weighted by atomic mass is 19.1. The first kappa shape index (κ1) is 14.5. The molecule has 3 heteroatoms. The third-order valence-corrected chi connectivity index (χ3v) is 3.40. The summed E-state index contributed by atoms with van der Waals surface area (Å²) in [7, 11) is 1.90. The molecule has 0 saturated carbocycles. The minimum Gasteiger partial charge on any atom is -0.389 e. The van der Waals surface area contributed by atoms with Crippen molar-refractivity contribution >= 4 is 5.69 Å². The van der Waals surface area contributed by atoms with Crippen molar-refractivity contribution < 1.29 is 9.50 Å². The summed E-state index contributed by atoms with van der Waals surface area (Å²) in [5, 5.41) is 9.77. The second-order valence-electron chi connectivity index (χ2n) is 5.19. The Balaban J connectivity index is 2.27. The van der Waals surface area contributed by atoms with Gasteiger partial charge in [-0.05, 0) is 31.5 Å². The Labute approximate surface area is 119 Å². The van der Waals surface area contributed by atoms with Gasteiger partial charge in [-0.15, -0.1) is 0 Å². The first-order valence-corrected chi connectivity index (χ1v) is 6.72. The van der Waals surface area contributed by atoms with Crippen LogP contribution in [0.25, 0.3) is 0 Å². The van der Waals surface area contributed by atoms with Gasteiger partial charge in [0.2, 0.25) is 0 Å². The minimum atomic E-state index is -0.827. The molecule has 0 bridgehead atoms. The lowest BCUT2D eigenvalue weighted by Crippen LogP contribution is -2.19. The Bertz CT molecular complexity index is 578. The summed E-state index contributed by atoms with van der Waals surface area (Å²) in [5.74, 6) is -0.367. The predicted octanol–water partition coefficient (Wildman–Crippen LogP) is 3.82. The molecule has 20 heavy (non-hydrogen) atoms. The lowest BCUT2D eigenvalue weighted by molar-refractivity contribution is 0.194. The van der Waals surface area contributed by atoms with Gasteiger partial charge < -0.3 is 10.0 Å². The van der Waals surface area contributed by atoms with E-state index in [0.717, 1.165) is 11.3 Å². The summed E-state index contributed by atoms with van der Waals surface area (Å²) in [6.07, 6.45) is -0.827. The Hall–Kier alpha value is -1.87. The van der Waals surface area contributed by atoms with Crippen LogP contribution in [0.1, 0.15) is 29.7 Å². The average molecular weight is 273 g/mol. The molecule has 0 amide bonds. The SMILES string of the molecule is Cc1ccc(CN(C)c2cccc(F)c2C(C)O)cc1. The van der Waals surface area contributed by atoms with E-state index in [1.54, 1.807) is 13.0 Å². The number of aliphatic hydroxyl groups excluding tert-OH is 1. The molecule has 1 unspecified atom stereocenters. The Morgan fingerprint density at radius 2 is 1.80 bits per heavy atom. The van der Waals surface area contributed by atoms with E-state index < -0.39 is 6.10 Å². The molecule has 2 aromatic rings. The zero-order valence-electron chi connectivity index (χ0n) is 12.1. The van der Waals surface area contributed by atoms with Crippen LogP contribution in [0.4, 0.5) is 10.1 Å². The molecular weight excluding hydrogens is 253 g/mol. The van der Waals surface area contributed by atoms with E-state index in [9.17, 15) is 9.50 Å². The van der Waals surface area contributed by atoms with Crippen LogP contribution in [-0.4, -0.2) is 12.2 Å². The van der Waals surface area contributed by atoms with Crippen molar-refractivity contribution in [2.24, 2.45) is 0 Å². The van der Waals surface area contributed by atoms with Crippen molar-refractivity contribution in [1.29, 1.82) is 0 Å². The Kier molecular flexibility index (Phi) is 4.40. The van der Waals surface area contributed by atoms with E-state index in [1.165, 1.54) is 11.6 Å². The van der Waals surface area contributed by atoms with Gasteiger partial charge in [0, 0.05) is 24.8 Å². The monoisotopic (exact) mass is 273 g/mol. The molecule has 0 spiro atoms. The van der Waals surface area contributed by atoms with Crippen molar-refractivity contribution in [3.8, 4) is 0 Å². The van der Waals surface area contributed by atoms with E-state index in [-0.39, 0.29) is 5.82 Å². The standard InChI is InChI=1S/C17H20FNO/c1-12-7-9-14(10-8-12)11-19(3)16-6-4-5-15(18)17(16)13(2)20/h4-10,13,20H,11H2,1-3H3. The molecule has 0 fully saturated rings. The quantitative estimate of drug-likeness (QED) is 0.915. The molecular formula is C17H20FNO. The molecule has 0 aliphatic heterocycles. The van der Waals surface area contributed by atoms with Crippen molar-refractivity contribution in [3.05, 3.63) is 65.0 Å². The molecule has 2 rings (SSSR count). The summed E-state index contributed by atoms with van der Waals surface area (Å²) in [4.78, 5) is 1.95. The number of hydrogen-bond acceptors (Lipinski definition) is 2. The first-order valence-electron chi connectivity index (χ1n) is 6.72. The number of anilines is 1. The smallest absolute Gasteiger partial charge is 0.131 e. The number of aryl methyl sites for hydroxylation is 1. The van der Waals surface area contributed by atoms with Gasteiger partial charge in [-0.3, -0.25) is 0 Å². The molecule has 0 radical (unpaired) electrons. The third kappa shape index (κ3) is 3.17. The average Bonchev–Trinajstić information content (AvgIpc) is 2.40.